The summed E-state index contributed by atoms with van der Waals surface area (Å²) in [6, 6.07) is 18.1. The van der Waals surface area contributed by atoms with E-state index >= 15 is 0 Å². The molecule has 1 aliphatic heterocycles. The van der Waals surface area contributed by atoms with Gasteiger partial charge in [0.05, 0.1) is 40.5 Å². The summed E-state index contributed by atoms with van der Waals surface area (Å²) in [5, 5.41) is 11.7. The third-order valence-electron chi connectivity index (χ3n) is 7.13. The number of hydrogen-bond acceptors (Lipinski definition) is 5. The second-order valence-corrected chi connectivity index (χ2v) is 9.98. The van der Waals surface area contributed by atoms with Gasteiger partial charge in [0, 0.05) is 6.42 Å². The molecule has 0 aromatic heterocycles. The van der Waals surface area contributed by atoms with Gasteiger partial charge in [-0.3, -0.25) is 15.0 Å². The maximum absolute atomic E-state index is 13.5. The Morgan fingerprint density at radius 3 is 2.05 bits per heavy atom. The number of alkyl halides is 6. The molecule has 4 rings (SSSR count). The fourth-order valence-electron chi connectivity index (χ4n) is 4.78. The highest BCUT2D eigenvalue weighted by Gasteiger charge is 2.47. The first-order valence-corrected chi connectivity index (χ1v) is 13.0. The predicted molar refractivity (Wildman–Crippen MR) is 142 cm³/mol. The molecule has 0 unspecified atom stereocenters. The summed E-state index contributed by atoms with van der Waals surface area (Å²) in [6.45, 7) is 0.690. The molecule has 13 heteroatoms. The number of carbonyl (C=O) groups is 1. The van der Waals surface area contributed by atoms with Gasteiger partial charge in [-0.25, -0.2) is 4.79 Å². The van der Waals surface area contributed by atoms with Crippen LogP contribution >= 0.6 is 0 Å². The largest absolute Gasteiger partial charge is 0.444 e. The maximum Gasteiger partial charge on any atom is 0.416 e. The number of benzene rings is 3. The Balaban J connectivity index is 1.71. The van der Waals surface area contributed by atoms with Crippen LogP contribution in [0.5, 0.6) is 0 Å². The first-order chi connectivity index (χ1) is 20.2. The molecule has 0 saturated carbocycles. The topological polar surface area (TPSA) is 81.9 Å². The van der Waals surface area contributed by atoms with E-state index < -0.39 is 52.7 Å². The van der Waals surface area contributed by atoms with E-state index in [1.54, 1.807) is 60.7 Å². The smallest absolute Gasteiger partial charge is 0.416 e. The van der Waals surface area contributed by atoms with E-state index in [9.17, 15) is 41.3 Å². The average Bonchev–Trinajstić information content (AvgIpc) is 2.98. The molecule has 0 bridgehead atoms. The van der Waals surface area contributed by atoms with Crippen LogP contribution in [0.15, 0.2) is 90.8 Å². The predicted octanol–water partition coefficient (Wildman–Crippen LogP) is 8.25. The molecular weight excluding hydrogens is 582 g/mol. The molecule has 1 amide bonds. The van der Waals surface area contributed by atoms with Crippen molar-refractivity contribution in [1.82, 2.24) is 4.90 Å². The SMILES string of the molecule is C[C@@H](OC[C@@]1(c2ccccc2)CCC([N+](=O)[O-])=CN1C(=O)OCc1ccccc1)c1cc(C(F)(F)F)cc(C(F)(F)F)c1. The van der Waals surface area contributed by atoms with Crippen LogP contribution in [0.2, 0.25) is 0 Å². The van der Waals surface area contributed by atoms with Gasteiger partial charge in [-0.05, 0) is 48.2 Å². The first kappa shape index (κ1) is 31.5. The molecular formula is C30H26F6N2O5. The highest BCUT2D eigenvalue weighted by atomic mass is 19.4. The van der Waals surface area contributed by atoms with Crippen LogP contribution in [0.4, 0.5) is 31.1 Å². The molecule has 0 fully saturated rings. The highest BCUT2D eigenvalue weighted by Crippen LogP contribution is 2.42. The Hall–Kier alpha value is -4.39. The van der Waals surface area contributed by atoms with Crippen molar-refractivity contribution >= 4 is 6.09 Å². The van der Waals surface area contributed by atoms with Crippen molar-refractivity contribution < 1.29 is 45.5 Å². The minimum atomic E-state index is -5.05. The molecule has 3 aromatic carbocycles. The van der Waals surface area contributed by atoms with E-state index in [0.717, 1.165) is 11.1 Å². The number of halogens is 6. The van der Waals surface area contributed by atoms with Crippen LogP contribution in [0.25, 0.3) is 0 Å². The molecule has 0 spiro atoms. The number of nitro groups is 1. The summed E-state index contributed by atoms with van der Waals surface area (Å²) in [6.07, 6.45) is -11.5. The van der Waals surface area contributed by atoms with Gasteiger partial charge < -0.3 is 9.47 Å². The second kappa shape index (κ2) is 12.5. The summed E-state index contributed by atoms with van der Waals surface area (Å²) in [5.74, 6) is 0. The van der Waals surface area contributed by atoms with Gasteiger partial charge in [-0.15, -0.1) is 0 Å². The van der Waals surface area contributed by atoms with Gasteiger partial charge in [0.2, 0.25) is 0 Å². The van der Waals surface area contributed by atoms with Crippen molar-refractivity contribution in [2.75, 3.05) is 6.61 Å². The fraction of sp³-hybridized carbons (Fsp3) is 0.300. The molecule has 0 N–H and O–H groups in total. The number of nitrogens with zero attached hydrogens (tertiary/aromatic N) is 2. The molecule has 7 nitrogen and oxygen atoms in total. The Kier molecular flexibility index (Phi) is 9.14. The lowest BCUT2D eigenvalue weighted by molar-refractivity contribution is -0.431. The van der Waals surface area contributed by atoms with Crippen molar-refractivity contribution in [3.8, 4) is 0 Å². The number of rotatable bonds is 8. The van der Waals surface area contributed by atoms with E-state index in [-0.39, 0.29) is 36.8 Å². The third-order valence-corrected chi connectivity index (χ3v) is 7.13. The van der Waals surface area contributed by atoms with E-state index in [1.165, 1.54) is 6.92 Å². The molecule has 0 saturated heterocycles. The van der Waals surface area contributed by atoms with E-state index in [0.29, 0.717) is 23.3 Å². The maximum atomic E-state index is 13.5. The molecule has 1 heterocycles. The highest BCUT2D eigenvalue weighted by molar-refractivity contribution is 5.71. The zero-order valence-corrected chi connectivity index (χ0v) is 22.7. The minimum absolute atomic E-state index is 0.0250. The number of allylic oxidation sites excluding steroid dienone is 1. The van der Waals surface area contributed by atoms with Gasteiger partial charge in [-0.1, -0.05) is 60.7 Å². The standard InChI is InChI=1S/C30H26F6N2O5/c1-20(22-14-24(29(31,32)33)16-25(15-22)30(34,35)36)43-19-28(23-10-6-3-7-11-23)13-12-26(38(40)41)17-37(28)27(39)42-18-21-8-4-2-5-9-21/h2-11,14-17,20H,12-13,18-19H2,1H3/t20-,28-/m1/s1. The van der Waals surface area contributed by atoms with Crippen molar-refractivity contribution in [1.29, 1.82) is 0 Å². The van der Waals surface area contributed by atoms with Gasteiger partial charge in [-0.2, -0.15) is 26.3 Å². The van der Waals surface area contributed by atoms with Crippen LogP contribution in [-0.2, 0) is 34.0 Å². The van der Waals surface area contributed by atoms with E-state index in [1.807, 2.05) is 0 Å². The normalized spacial score (nSPS) is 18.1. The molecule has 228 valence electrons. The van der Waals surface area contributed by atoms with Crippen molar-refractivity contribution in [3.05, 3.63) is 129 Å². The average molecular weight is 609 g/mol. The van der Waals surface area contributed by atoms with Crippen molar-refractivity contribution in [2.45, 2.75) is 50.4 Å². The summed E-state index contributed by atoms with van der Waals surface area (Å²) < 4.78 is 92.2. The number of hydrogen-bond donors (Lipinski definition) is 0. The van der Waals surface area contributed by atoms with Gasteiger partial charge in [0.25, 0.3) is 5.70 Å². The molecule has 1 aliphatic rings. The molecule has 0 radical (unpaired) electrons. The van der Waals surface area contributed by atoms with Gasteiger partial charge in [0.15, 0.2) is 0 Å². The Morgan fingerprint density at radius 1 is 0.953 bits per heavy atom. The Morgan fingerprint density at radius 2 is 1.51 bits per heavy atom. The lowest BCUT2D eigenvalue weighted by Crippen LogP contribution is -2.52. The third kappa shape index (κ3) is 7.34. The number of amides is 1. The van der Waals surface area contributed by atoms with Crippen LogP contribution in [0.3, 0.4) is 0 Å². The first-order valence-electron chi connectivity index (χ1n) is 13.0. The van der Waals surface area contributed by atoms with Crippen LogP contribution in [0, 0.1) is 10.1 Å². The molecule has 43 heavy (non-hydrogen) atoms. The number of ether oxygens (including phenoxy) is 2. The van der Waals surface area contributed by atoms with E-state index in [2.05, 4.69) is 0 Å². The van der Waals surface area contributed by atoms with E-state index in [4.69, 9.17) is 9.47 Å². The van der Waals surface area contributed by atoms with Crippen LogP contribution in [0.1, 0.15) is 53.7 Å². The summed E-state index contributed by atoms with van der Waals surface area (Å²) >= 11 is 0. The zero-order chi connectivity index (χ0) is 31.4. The lowest BCUT2D eigenvalue weighted by atomic mass is 9.82. The fourth-order valence-corrected chi connectivity index (χ4v) is 4.78. The molecule has 2 atom stereocenters. The van der Waals surface area contributed by atoms with Crippen molar-refractivity contribution in [3.63, 3.8) is 0 Å². The molecule has 3 aromatic rings. The molecule has 0 aliphatic carbocycles. The number of carbonyl (C=O) groups excluding carboxylic acids is 1. The van der Waals surface area contributed by atoms with Crippen LogP contribution < -0.4 is 0 Å². The van der Waals surface area contributed by atoms with Gasteiger partial charge >= 0.3 is 18.4 Å². The Bertz CT molecular complexity index is 1450. The quantitative estimate of drug-likeness (QED) is 0.146. The Labute approximate surface area is 242 Å². The van der Waals surface area contributed by atoms with Crippen molar-refractivity contribution in [2.24, 2.45) is 0 Å². The monoisotopic (exact) mass is 608 g/mol. The lowest BCUT2D eigenvalue weighted by Gasteiger charge is -2.44. The summed E-state index contributed by atoms with van der Waals surface area (Å²) in [5.41, 5.74) is -3.99. The van der Waals surface area contributed by atoms with Gasteiger partial charge in [0.1, 0.15) is 6.61 Å². The summed E-state index contributed by atoms with van der Waals surface area (Å²) in [7, 11) is 0. The van der Waals surface area contributed by atoms with Crippen LogP contribution in [-0.4, -0.2) is 22.5 Å². The zero-order valence-electron chi connectivity index (χ0n) is 22.7. The summed E-state index contributed by atoms with van der Waals surface area (Å²) in [4.78, 5) is 25.5. The second-order valence-electron chi connectivity index (χ2n) is 9.98. The minimum Gasteiger partial charge on any atom is -0.444 e.